The maximum atomic E-state index is 12.1. The maximum absolute atomic E-state index is 12.1. The van der Waals surface area contributed by atoms with Crippen LogP contribution in [0.2, 0.25) is 0 Å². The number of likely N-dealkylation sites (tertiary alicyclic amines) is 1. The van der Waals surface area contributed by atoms with E-state index in [0.29, 0.717) is 24.6 Å². The lowest BCUT2D eigenvalue weighted by Gasteiger charge is -2.18. The van der Waals surface area contributed by atoms with Crippen LogP contribution >= 0.6 is 0 Å². The fourth-order valence-electron chi connectivity index (χ4n) is 2.08. The van der Waals surface area contributed by atoms with Crippen molar-refractivity contribution in [3.63, 3.8) is 0 Å². The zero-order chi connectivity index (χ0) is 12.1. The van der Waals surface area contributed by atoms with Gasteiger partial charge in [0.2, 0.25) is 5.76 Å². The van der Waals surface area contributed by atoms with Gasteiger partial charge in [0.1, 0.15) is 0 Å². The number of carbonyl (C=O) groups is 1. The average molecular weight is 237 g/mol. The molecule has 1 aromatic rings. The molecule has 0 radical (unpaired) electrons. The molecule has 2 N–H and O–H groups in total. The fourth-order valence-corrected chi connectivity index (χ4v) is 2.08. The number of amides is 1. The summed E-state index contributed by atoms with van der Waals surface area (Å²) in [5.74, 6) is 0.851. The first-order chi connectivity index (χ1) is 8.31. The topological polar surface area (TPSA) is 72.4 Å². The molecule has 1 aliphatic rings. The second-order valence-electron chi connectivity index (χ2n) is 4.36. The summed E-state index contributed by atoms with van der Waals surface area (Å²) in [7, 11) is 0. The van der Waals surface area contributed by atoms with Crippen molar-refractivity contribution in [1.29, 1.82) is 0 Å². The van der Waals surface area contributed by atoms with E-state index >= 15 is 0 Å². The van der Waals surface area contributed by atoms with Crippen LogP contribution in [0.3, 0.4) is 0 Å². The number of aromatic nitrogens is 1. The molecule has 0 aromatic carbocycles. The summed E-state index contributed by atoms with van der Waals surface area (Å²) in [4.78, 5) is 18.0. The highest BCUT2D eigenvalue weighted by Crippen LogP contribution is 2.14. The average Bonchev–Trinajstić information content (AvgIpc) is 2.64. The summed E-state index contributed by atoms with van der Waals surface area (Å²) in [5, 5.41) is 0. The lowest BCUT2D eigenvalue weighted by atomic mass is 10.2. The van der Waals surface area contributed by atoms with Crippen molar-refractivity contribution in [3.8, 4) is 0 Å². The van der Waals surface area contributed by atoms with Gasteiger partial charge in [0.05, 0.1) is 6.20 Å². The van der Waals surface area contributed by atoms with E-state index in [1.54, 1.807) is 0 Å². The highest BCUT2D eigenvalue weighted by molar-refractivity contribution is 5.91. The van der Waals surface area contributed by atoms with Crippen LogP contribution in [0.1, 0.15) is 42.1 Å². The van der Waals surface area contributed by atoms with Crippen LogP contribution in [0.5, 0.6) is 0 Å². The van der Waals surface area contributed by atoms with Crippen LogP contribution < -0.4 is 5.73 Å². The van der Waals surface area contributed by atoms with Crippen LogP contribution in [0.25, 0.3) is 0 Å². The van der Waals surface area contributed by atoms with Crippen LogP contribution in [-0.4, -0.2) is 35.4 Å². The summed E-state index contributed by atoms with van der Waals surface area (Å²) >= 11 is 0. The molecule has 5 nitrogen and oxygen atoms in total. The molecule has 0 bridgehead atoms. The SMILES string of the molecule is NCCc1ncc(C(=O)N2CCCCCC2)o1. The van der Waals surface area contributed by atoms with Gasteiger partial charge < -0.3 is 15.1 Å². The van der Waals surface area contributed by atoms with E-state index in [4.69, 9.17) is 10.2 Å². The molecule has 0 unspecified atom stereocenters. The minimum absolute atomic E-state index is 0.0392. The first-order valence-corrected chi connectivity index (χ1v) is 6.25. The van der Waals surface area contributed by atoms with Gasteiger partial charge >= 0.3 is 0 Å². The number of nitrogens with zero attached hydrogens (tertiary/aromatic N) is 2. The third-order valence-electron chi connectivity index (χ3n) is 3.02. The maximum Gasteiger partial charge on any atom is 0.291 e. The summed E-state index contributed by atoms with van der Waals surface area (Å²) < 4.78 is 5.40. The molecule has 1 aliphatic heterocycles. The molecule has 94 valence electrons. The molecule has 0 aliphatic carbocycles. The van der Waals surface area contributed by atoms with E-state index in [1.165, 1.54) is 19.0 Å². The van der Waals surface area contributed by atoms with Crippen molar-refractivity contribution >= 4 is 5.91 Å². The van der Waals surface area contributed by atoms with E-state index in [2.05, 4.69) is 4.98 Å². The molecule has 1 fully saturated rings. The van der Waals surface area contributed by atoms with Gasteiger partial charge in [-0.3, -0.25) is 4.79 Å². The van der Waals surface area contributed by atoms with E-state index in [9.17, 15) is 4.79 Å². The van der Waals surface area contributed by atoms with E-state index < -0.39 is 0 Å². The molecule has 2 heterocycles. The molecule has 0 atom stereocenters. The Kier molecular flexibility index (Phi) is 4.14. The van der Waals surface area contributed by atoms with Crippen molar-refractivity contribution in [3.05, 3.63) is 17.8 Å². The second kappa shape index (κ2) is 5.82. The van der Waals surface area contributed by atoms with Gasteiger partial charge in [0.15, 0.2) is 5.89 Å². The molecule has 2 rings (SSSR count). The van der Waals surface area contributed by atoms with Crippen LogP contribution in [-0.2, 0) is 6.42 Å². The van der Waals surface area contributed by atoms with Gasteiger partial charge in [0, 0.05) is 26.1 Å². The minimum atomic E-state index is -0.0392. The van der Waals surface area contributed by atoms with Crippen LogP contribution in [0, 0.1) is 0 Å². The number of carbonyl (C=O) groups excluding carboxylic acids is 1. The molecule has 1 saturated heterocycles. The number of hydrogen-bond acceptors (Lipinski definition) is 4. The van der Waals surface area contributed by atoms with Crippen molar-refractivity contribution < 1.29 is 9.21 Å². The van der Waals surface area contributed by atoms with Gasteiger partial charge in [-0.1, -0.05) is 12.8 Å². The number of nitrogens with two attached hydrogens (primary N) is 1. The Hall–Kier alpha value is -1.36. The standard InChI is InChI=1S/C12H19N3O2/c13-6-5-11-14-9-10(17-11)12(16)15-7-3-1-2-4-8-15/h9H,1-8,13H2. The highest BCUT2D eigenvalue weighted by atomic mass is 16.4. The largest absolute Gasteiger partial charge is 0.435 e. The lowest BCUT2D eigenvalue weighted by molar-refractivity contribution is 0.0728. The Labute approximate surface area is 101 Å². The summed E-state index contributed by atoms with van der Waals surface area (Å²) in [5.41, 5.74) is 5.41. The lowest BCUT2D eigenvalue weighted by Crippen LogP contribution is -2.31. The first kappa shape index (κ1) is 12.1. The fraction of sp³-hybridized carbons (Fsp3) is 0.667. The number of rotatable bonds is 3. The van der Waals surface area contributed by atoms with Crippen molar-refractivity contribution in [2.24, 2.45) is 5.73 Å². The minimum Gasteiger partial charge on any atom is -0.435 e. The van der Waals surface area contributed by atoms with Crippen molar-refractivity contribution in [1.82, 2.24) is 9.88 Å². The van der Waals surface area contributed by atoms with Gasteiger partial charge in [-0.15, -0.1) is 0 Å². The highest BCUT2D eigenvalue weighted by Gasteiger charge is 2.20. The summed E-state index contributed by atoms with van der Waals surface area (Å²) in [6.07, 6.45) is 6.66. The molecule has 0 spiro atoms. The number of oxazole rings is 1. The van der Waals surface area contributed by atoms with Crippen LogP contribution in [0.4, 0.5) is 0 Å². The Morgan fingerprint density at radius 1 is 1.35 bits per heavy atom. The Morgan fingerprint density at radius 3 is 2.71 bits per heavy atom. The monoisotopic (exact) mass is 237 g/mol. The van der Waals surface area contributed by atoms with Gasteiger partial charge in [-0.25, -0.2) is 4.98 Å². The molecular weight excluding hydrogens is 218 g/mol. The quantitative estimate of drug-likeness (QED) is 0.857. The Bertz CT molecular complexity index is 368. The molecule has 1 amide bonds. The van der Waals surface area contributed by atoms with E-state index in [1.807, 2.05) is 4.90 Å². The van der Waals surface area contributed by atoms with Crippen molar-refractivity contribution in [2.75, 3.05) is 19.6 Å². The molecule has 1 aromatic heterocycles. The van der Waals surface area contributed by atoms with Gasteiger partial charge in [-0.2, -0.15) is 0 Å². The van der Waals surface area contributed by atoms with Crippen LogP contribution in [0.15, 0.2) is 10.6 Å². The van der Waals surface area contributed by atoms with Gasteiger partial charge in [-0.05, 0) is 12.8 Å². The molecule has 5 heteroatoms. The predicted octanol–water partition coefficient (Wildman–Crippen LogP) is 1.19. The first-order valence-electron chi connectivity index (χ1n) is 6.25. The predicted molar refractivity (Wildman–Crippen MR) is 63.6 cm³/mol. The second-order valence-corrected chi connectivity index (χ2v) is 4.36. The smallest absolute Gasteiger partial charge is 0.291 e. The third-order valence-corrected chi connectivity index (χ3v) is 3.02. The Balaban J connectivity index is 2.01. The van der Waals surface area contributed by atoms with E-state index in [-0.39, 0.29) is 5.91 Å². The number of hydrogen-bond donors (Lipinski definition) is 1. The van der Waals surface area contributed by atoms with E-state index in [0.717, 1.165) is 25.9 Å². The van der Waals surface area contributed by atoms with Crippen molar-refractivity contribution in [2.45, 2.75) is 32.1 Å². The molecule has 0 saturated carbocycles. The molecular formula is C12H19N3O2. The third kappa shape index (κ3) is 3.06. The summed E-state index contributed by atoms with van der Waals surface area (Å²) in [6, 6.07) is 0. The van der Waals surface area contributed by atoms with Gasteiger partial charge in [0.25, 0.3) is 5.91 Å². The Morgan fingerprint density at radius 2 is 2.06 bits per heavy atom. The zero-order valence-corrected chi connectivity index (χ0v) is 10.0. The molecule has 17 heavy (non-hydrogen) atoms. The normalized spacial score (nSPS) is 16.9. The summed E-state index contributed by atoms with van der Waals surface area (Å²) in [6.45, 7) is 2.13. The zero-order valence-electron chi connectivity index (χ0n) is 10.0.